The number of hydrogen-bond acceptors (Lipinski definition) is 6. The molecule has 0 aliphatic carbocycles. The fraction of sp³-hybridized carbons (Fsp3) is 0.115. The Labute approximate surface area is 195 Å². The molecule has 4 rings (SSSR count). The predicted molar refractivity (Wildman–Crippen MR) is 127 cm³/mol. The lowest BCUT2D eigenvalue weighted by Crippen LogP contribution is -2.20. The predicted octanol–water partition coefficient (Wildman–Crippen LogP) is 4.88. The number of furan rings is 1. The Hall–Kier alpha value is -4.59. The quantitative estimate of drug-likeness (QED) is 0.365. The number of hydrogen-bond donors (Lipinski definition) is 2. The van der Waals surface area contributed by atoms with Crippen molar-refractivity contribution in [2.24, 2.45) is 0 Å². The van der Waals surface area contributed by atoms with Crippen LogP contribution in [0.3, 0.4) is 0 Å². The van der Waals surface area contributed by atoms with E-state index in [0.29, 0.717) is 29.1 Å². The van der Waals surface area contributed by atoms with Gasteiger partial charge >= 0.3 is 5.97 Å². The molecule has 0 fully saturated rings. The van der Waals surface area contributed by atoms with E-state index >= 15 is 0 Å². The number of rotatable bonds is 8. The van der Waals surface area contributed by atoms with E-state index in [1.54, 1.807) is 66.7 Å². The first-order valence-corrected chi connectivity index (χ1v) is 10.6. The molecule has 1 heterocycles. The average molecular weight is 458 g/mol. The van der Waals surface area contributed by atoms with E-state index in [1.165, 1.54) is 0 Å². The van der Waals surface area contributed by atoms with Crippen LogP contribution in [0.2, 0.25) is 0 Å². The molecule has 3 aromatic carbocycles. The van der Waals surface area contributed by atoms with Crippen LogP contribution in [0.25, 0.3) is 11.0 Å². The van der Waals surface area contributed by atoms with E-state index in [-0.39, 0.29) is 11.7 Å². The zero-order valence-corrected chi connectivity index (χ0v) is 18.4. The molecular weight excluding hydrogens is 436 g/mol. The number of carbonyl (C=O) groups excluding carboxylic acids is 3. The van der Waals surface area contributed by atoms with Gasteiger partial charge < -0.3 is 24.5 Å². The lowest BCUT2D eigenvalue weighted by atomic mass is 10.2. The molecular formula is C26H22N2O6. The van der Waals surface area contributed by atoms with E-state index in [4.69, 9.17) is 13.9 Å². The largest absolute Gasteiger partial charge is 0.494 e. The number of anilines is 2. The van der Waals surface area contributed by atoms with Gasteiger partial charge in [-0.05, 0) is 67.6 Å². The zero-order valence-electron chi connectivity index (χ0n) is 18.4. The number of carbonyl (C=O) groups is 3. The summed E-state index contributed by atoms with van der Waals surface area (Å²) in [6, 6.07) is 22.1. The first kappa shape index (κ1) is 22.6. The second kappa shape index (κ2) is 10.4. The van der Waals surface area contributed by atoms with Crippen LogP contribution in [0, 0.1) is 0 Å². The van der Waals surface area contributed by atoms with Gasteiger partial charge in [-0.25, -0.2) is 4.79 Å². The molecule has 2 N–H and O–H groups in total. The van der Waals surface area contributed by atoms with Gasteiger partial charge in [-0.1, -0.05) is 18.2 Å². The van der Waals surface area contributed by atoms with Crippen LogP contribution >= 0.6 is 0 Å². The van der Waals surface area contributed by atoms with Gasteiger partial charge in [-0.15, -0.1) is 0 Å². The lowest BCUT2D eigenvalue weighted by Gasteiger charge is -2.09. The fourth-order valence-electron chi connectivity index (χ4n) is 3.19. The Morgan fingerprint density at radius 2 is 1.53 bits per heavy atom. The van der Waals surface area contributed by atoms with Crippen LogP contribution in [0.5, 0.6) is 5.75 Å². The number of para-hydroxylation sites is 1. The molecule has 4 aromatic rings. The van der Waals surface area contributed by atoms with Crippen LogP contribution in [-0.4, -0.2) is 31.0 Å². The topological polar surface area (TPSA) is 107 Å². The smallest absolute Gasteiger partial charge is 0.374 e. The summed E-state index contributed by atoms with van der Waals surface area (Å²) in [6.45, 7) is 1.99. The maximum atomic E-state index is 12.4. The Balaban J connectivity index is 1.27. The minimum Gasteiger partial charge on any atom is -0.494 e. The fourth-order valence-corrected chi connectivity index (χ4v) is 3.19. The van der Waals surface area contributed by atoms with Crippen molar-refractivity contribution in [1.29, 1.82) is 0 Å². The zero-order chi connectivity index (χ0) is 23.9. The molecule has 0 saturated heterocycles. The molecule has 0 radical (unpaired) electrons. The molecule has 8 heteroatoms. The highest BCUT2D eigenvalue weighted by molar-refractivity contribution is 6.04. The van der Waals surface area contributed by atoms with Gasteiger partial charge in [0.2, 0.25) is 5.76 Å². The van der Waals surface area contributed by atoms with E-state index in [1.807, 2.05) is 19.1 Å². The summed E-state index contributed by atoms with van der Waals surface area (Å²) < 4.78 is 15.8. The summed E-state index contributed by atoms with van der Waals surface area (Å²) in [4.78, 5) is 36.7. The summed E-state index contributed by atoms with van der Waals surface area (Å²) >= 11 is 0. The van der Waals surface area contributed by atoms with Crippen molar-refractivity contribution in [2.45, 2.75) is 6.92 Å². The molecule has 0 atom stereocenters. The number of esters is 1. The second-order valence-corrected chi connectivity index (χ2v) is 7.26. The maximum Gasteiger partial charge on any atom is 0.374 e. The molecule has 0 bridgehead atoms. The molecule has 1 aromatic heterocycles. The van der Waals surface area contributed by atoms with E-state index in [0.717, 1.165) is 11.1 Å². The molecule has 0 spiro atoms. The normalized spacial score (nSPS) is 10.5. The first-order valence-electron chi connectivity index (χ1n) is 10.6. The van der Waals surface area contributed by atoms with E-state index in [2.05, 4.69) is 10.6 Å². The number of benzene rings is 3. The van der Waals surface area contributed by atoms with Crippen LogP contribution in [0.4, 0.5) is 11.4 Å². The monoisotopic (exact) mass is 458 g/mol. The highest BCUT2D eigenvalue weighted by Crippen LogP contribution is 2.20. The van der Waals surface area contributed by atoms with Gasteiger partial charge in [0.1, 0.15) is 11.3 Å². The van der Waals surface area contributed by atoms with E-state index in [9.17, 15) is 14.4 Å². The van der Waals surface area contributed by atoms with Gasteiger partial charge in [0.25, 0.3) is 11.8 Å². The van der Waals surface area contributed by atoms with Crippen LogP contribution in [0.15, 0.2) is 83.3 Å². The van der Waals surface area contributed by atoms with Crippen molar-refractivity contribution < 1.29 is 28.3 Å². The minimum absolute atomic E-state index is 0.0249. The third kappa shape index (κ3) is 5.60. The van der Waals surface area contributed by atoms with Gasteiger partial charge in [0, 0.05) is 22.3 Å². The highest BCUT2D eigenvalue weighted by Gasteiger charge is 2.15. The van der Waals surface area contributed by atoms with Crippen molar-refractivity contribution in [3.05, 3.63) is 90.2 Å². The van der Waals surface area contributed by atoms with E-state index < -0.39 is 18.5 Å². The van der Waals surface area contributed by atoms with Gasteiger partial charge in [0.15, 0.2) is 6.61 Å². The van der Waals surface area contributed by atoms with Gasteiger partial charge in [-0.2, -0.15) is 0 Å². The molecule has 0 saturated carbocycles. The van der Waals surface area contributed by atoms with Crippen molar-refractivity contribution in [1.82, 2.24) is 0 Å². The molecule has 172 valence electrons. The Morgan fingerprint density at radius 1 is 0.853 bits per heavy atom. The SMILES string of the molecule is CCOc1ccc(NC(=O)c2ccc(NC(=O)COC(=O)c3cc4ccccc4o3)cc2)cc1. The van der Waals surface area contributed by atoms with Crippen molar-refractivity contribution >= 4 is 40.1 Å². The van der Waals surface area contributed by atoms with Gasteiger partial charge in [-0.3, -0.25) is 9.59 Å². The second-order valence-electron chi connectivity index (χ2n) is 7.26. The van der Waals surface area contributed by atoms with Crippen molar-refractivity contribution in [2.75, 3.05) is 23.8 Å². The lowest BCUT2D eigenvalue weighted by molar-refractivity contribution is -0.119. The Bertz CT molecular complexity index is 1280. The number of nitrogens with one attached hydrogen (secondary N) is 2. The molecule has 0 unspecified atom stereocenters. The first-order chi connectivity index (χ1) is 16.5. The number of amides is 2. The van der Waals surface area contributed by atoms with Crippen molar-refractivity contribution in [3.8, 4) is 5.75 Å². The third-order valence-corrected chi connectivity index (χ3v) is 4.82. The minimum atomic E-state index is -0.729. The molecule has 34 heavy (non-hydrogen) atoms. The van der Waals surface area contributed by atoms with Crippen LogP contribution < -0.4 is 15.4 Å². The molecule has 8 nitrogen and oxygen atoms in total. The van der Waals surface area contributed by atoms with Crippen LogP contribution in [0.1, 0.15) is 27.8 Å². The molecule has 0 aliphatic rings. The number of fused-ring (bicyclic) bond motifs is 1. The van der Waals surface area contributed by atoms with Crippen LogP contribution in [-0.2, 0) is 9.53 Å². The summed E-state index contributed by atoms with van der Waals surface area (Å²) in [7, 11) is 0. The number of ether oxygens (including phenoxy) is 2. The summed E-state index contributed by atoms with van der Waals surface area (Å²) in [6.07, 6.45) is 0. The van der Waals surface area contributed by atoms with Gasteiger partial charge in [0.05, 0.1) is 6.61 Å². The van der Waals surface area contributed by atoms with Crippen molar-refractivity contribution in [3.63, 3.8) is 0 Å². The summed E-state index contributed by atoms with van der Waals surface area (Å²) in [5, 5.41) is 6.18. The third-order valence-electron chi connectivity index (χ3n) is 4.82. The Morgan fingerprint density at radius 3 is 2.24 bits per heavy atom. The summed E-state index contributed by atoms with van der Waals surface area (Å²) in [5.41, 5.74) is 2.08. The average Bonchev–Trinajstić information content (AvgIpc) is 3.29. The maximum absolute atomic E-state index is 12.4. The Kier molecular flexibility index (Phi) is 6.88. The summed E-state index contributed by atoms with van der Waals surface area (Å²) in [5.74, 6) is -0.786. The molecule has 0 aliphatic heterocycles. The standard InChI is InChI=1S/C26H22N2O6/c1-2-32-21-13-11-20(12-14-21)28-25(30)17-7-9-19(10-8-17)27-24(29)16-33-26(31)23-15-18-5-3-4-6-22(18)34-23/h3-15H,2,16H2,1H3,(H,27,29)(H,28,30). The highest BCUT2D eigenvalue weighted by atomic mass is 16.5. The molecule has 2 amide bonds.